The Morgan fingerprint density at radius 3 is 2.92 bits per heavy atom. The number of carbonyl (C=O) groups is 2. The molecule has 1 aliphatic heterocycles. The van der Waals surface area contributed by atoms with E-state index in [9.17, 15) is 9.59 Å². The van der Waals surface area contributed by atoms with Crippen LogP contribution in [-0.4, -0.2) is 37.1 Å². The number of carbonyl (C=O) groups excluding carboxylic acids is 2. The molecule has 0 atom stereocenters. The minimum absolute atomic E-state index is 0.164. The summed E-state index contributed by atoms with van der Waals surface area (Å²) in [6.45, 7) is 0.256. The smallest absolute Gasteiger partial charge is 0.258 e. The summed E-state index contributed by atoms with van der Waals surface area (Å²) >= 11 is 6.24. The first-order chi connectivity index (χ1) is 12.5. The van der Waals surface area contributed by atoms with Crippen LogP contribution in [0, 0.1) is 0 Å². The van der Waals surface area contributed by atoms with Crippen LogP contribution in [0.5, 0.6) is 11.5 Å². The molecule has 2 amide bonds. The number of nitrogens with zero attached hydrogens (tertiary/aromatic N) is 2. The van der Waals surface area contributed by atoms with Crippen molar-refractivity contribution in [2.45, 2.75) is 12.8 Å². The van der Waals surface area contributed by atoms with Crippen molar-refractivity contribution in [2.24, 2.45) is 5.73 Å². The molecule has 3 rings (SSSR count). The van der Waals surface area contributed by atoms with Crippen LogP contribution in [0.1, 0.15) is 22.5 Å². The number of hydrogen-bond donors (Lipinski definition) is 1. The largest absolute Gasteiger partial charge is 0.493 e. The number of nitrogens with two attached hydrogens (primary N) is 1. The molecular formula is C18H18ClN3O4. The Labute approximate surface area is 155 Å². The molecule has 0 fully saturated rings. The molecule has 0 saturated carbocycles. The zero-order valence-electron chi connectivity index (χ0n) is 14.2. The molecule has 0 bridgehead atoms. The predicted molar refractivity (Wildman–Crippen MR) is 96.9 cm³/mol. The summed E-state index contributed by atoms with van der Waals surface area (Å²) in [4.78, 5) is 30.0. The Bertz CT molecular complexity index is 856. The molecule has 0 aliphatic carbocycles. The molecule has 0 unspecified atom stereocenters. The van der Waals surface area contributed by atoms with Crippen molar-refractivity contribution in [3.63, 3.8) is 0 Å². The summed E-state index contributed by atoms with van der Waals surface area (Å²) < 4.78 is 10.6. The van der Waals surface area contributed by atoms with E-state index in [4.69, 9.17) is 26.8 Å². The van der Waals surface area contributed by atoms with Crippen LogP contribution in [-0.2, 0) is 11.2 Å². The van der Waals surface area contributed by atoms with Crippen molar-refractivity contribution >= 4 is 29.1 Å². The first-order valence-corrected chi connectivity index (χ1v) is 8.43. The van der Waals surface area contributed by atoms with Gasteiger partial charge in [0.1, 0.15) is 0 Å². The lowest BCUT2D eigenvalue weighted by Crippen LogP contribution is -2.35. The standard InChI is InChI=1S/C18H18ClN3O4/c1-25-15-9-11(8-12(19)17(15)26-10-16(20)23)18(24)22-7-3-4-13-14(22)5-2-6-21-13/h2,5-6,8-9H,3-4,7,10H2,1H3,(H2,20,23). The van der Waals surface area contributed by atoms with Gasteiger partial charge in [-0.25, -0.2) is 0 Å². The fourth-order valence-corrected chi connectivity index (χ4v) is 3.15. The normalized spacial score (nSPS) is 13.1. The van der Waals surface area contributed by atoms with Crippen molar-refractivity contribution in [3.8, 4) is 11.5 Å². The molecule has 0 saturated heterocycles. The Morgan fingerprint density at radius 1 is 1.38 bits per heavy atom. The van der Waals surface area contributed by atoms with Gasteiger partial charge >= 0.3 is 0 Å². The van der Waals surface area contributed by atoms with Gasteiger partial charge in [-0.15, -0.1) is 0 Å². The van der Waals surface area contributed by atoms with Gasteiger partial charge < -0.3 is 20.1 Å². The number of anilines is 1. The van der Waals surface area contributed by atoms with Gasteiger partial charge in [0, 0.05) is 18.3 Å². The van der Waals surface area contributed by atoms with Crippen LogP contribution in [0.25, 0.3) is 0 Å². The highest BCUT2D eigenvalue weighted by Gasteiger charge is 2.26. The fraction of sp³-hybridized carbons (Fsp3) is 0.278. The van der Waals surface area contributed by atoms with E-state index in [1.807, 2.05) is 6.07 Å². The van der Waals surface area contributed by atoms with Crippen LogP contribution in [0.4, 0.5) is 5.69 Å². The molecular weight excluding hydrogens is 358 g/mol. The molecule has 1 aromatic carbocycles. The van der Waals surface area contributed by atoms with Gasteiger partial charge in [0.25, 0.3) is 11.8 Å². The van der Waals surface area contributed by atoms with Gasteiger partial charge in [0.2, 0.25) is 0 Å². The van der Waals surface area contributed by atoms with Gasteiger partial charge in [-0.1, -0.05) is 11.6 Å². The van der Waals surface area contributed by atoms with Crippen LogP contribution in [0.2, 0.25) is 5.02 Å². The molecule has 0 spiro atoms. The summed E-state index contributed by atoms with van der Waals surface area (Å²) in [7, 11) is 1.43. The van der Waals surface area contributed by atoms with Crippen LogP contribution < -0.4 is 20.1 Å². The van der Waals surface area contributed by atoms with E-state index < -0.39 is 5.91 Å². The number of primary amides is 1. The second-order valence-corrected chi connectivity index (χ2v) is 6.18. The van der Waals surface area contributed by atoms with Crippen molar-refractivity contribution in [1.82, 2.24) is 4.98 Å². The third-order valence-electron chi connectivity index (χ3n) is 4.03. The summed E-state index contributed by atoms with van der Waals surface area (Å²) in [6, 6.07) is 6.71. The number of fused-ring (bicyclic) bond motifs is 1. The highest BCUT2D eigenvalue weighted by Crippen LogP contribution is 2.37. The average Bonchev–Trinajstić information content (AvgIpc) is 2.65. The van der Waals surface area contributed by atoms with Gasteiger partial charge in [-0.05, 0) is 37.1 Å². The Balaban J connectivity index is 1.93. The minimum Gasteiger partial charge on any atom is -0.493 e. The zero-order valence-corrected chi connectivity index (χ0v) is 15.0. The lowest BCUT2D eigenvalue weighted by molar-refractivity contribution is -0.119. The maximum Gasteiger partial charge on any atom is 0.258 e. The van der Waals surface area contributed by atoms with Crippen LogP contribution in [0.15, 0.2) is 30.5 Å². The maximum absolute atomic E-state index is 13.0. The zero-order chi connectivity index (χ0) is 18.7. The molecule has 7 nitrogen and oxygen atoms in total. The van der Waals surface area contributed by atoms with E-state index >= 15 is 0 Å². The highest BCUT2D eigenvalue weighted by molar-refractivity contribution is 6.33. The predicted octanol–water partition coefficient (Wildman–Crippen LogP) is 2.20. The Morgan fingerprint density at radius 2 is 2.19 bits per heavy atom. The van der Waals surface area contributed by atoms with Gasteiger partial charge in [-0.3, -0.25) is 14.6 Å². The second-order valence-electron chi connectivity index (χ2n) is 5.77. The molecule has 1 aromatic heterocycles. The number of benzene rings is 1. The molecule has 1 aliphatic rings. The summed E-state index contributed by atoms with van der Waals surface area (Å²) in [6.07, 6.45) is 3.39. The fourth-order valence-electron chi connectivity index (χ4n) is 2.89. The summed E-state index contributed by atoms with van der Waals surface area (Å²) in [5.74, 6) is -0.419. The van der Waals surface area contributed by atoms with Gasteiger partial charge in [-0.2, -0.15) is 0 Å². The van der Waals surface area contributed by atoms with Crippen molar-refractivity contribution in [2.75, 3.05) is 25.2 Å². The SMILES string of the molecule is COc1cc(C(=O)N2CCCc3ncccc32)cc(Cl)c1OCC(N)=O. The number of hydrogen-bond acceptors (Lipinski definition) is 5. The molecule has 8 heteroatoms. The molecule has 2 heterocycles. The van der Waals surface area contributed by atoms with E-state index in [1.54, 1.807) is 17.2 Å². The second kappa shape index (κ2) is 7.61. The third kappa shape index (κ3) is 3.57. The first kappa shape index (κ1) is 18.0. The molecule has 26 heavy (non-hydrogen) atoms. The first-order valence-electron chi connectivity index (χ1n) is 8.05. The lowest BCUT2D eigenvalue weighted by atomic mass is 10.1. The van der Waals surface area contributed by atoms with Gasteiger partial charge in [0.05, 0.1) is 23.5 Å². The molecule has 2 aromatic rings. The number of amides is 2. The summed E-state index contributed by atoms with van der Waals surface area (Å²) in [5.41, 5.74) is 7.14. The molecule has 136 valence electrons. The minimum atomic E-state index is -0.638. The van der Waals surface area contributed by atoms with E-state index in [-0.39, 0.29) is 29.0 Å². The van der Waals surface area contributed by atoms with E-state index in [1.165, 1.54) is 19.2 Å². The van der Waals surface area contributed by atoms with Gasteiger partial charge in [0.15, 0.2) is 18.1 Å². The lowest BCUT2D eigenvalue weighted by Gasteiger charge is -2.29. The Hall–Kier alpha value is -2.80. The maximum atomic E-state index is 13.0. The van der Waals surface area contributed by atoms with Crippen molar-refractivity contribution < 1.29 is 19.1 Å². The number of halogens is 1. The van der Waals surface area contributed by atoms with E-state index in [0.717, 1.165) is 24.2 Å². The molecule has 0 radical (unpaired) electrons. The number of rotatable bonds is 5. The monoisotopic (exact) mass is 375 g/mol. The van der Waals surface area contributed by atoms with E-state index in [0.29, 0.717) is 12.1 Å². The molecule has 2 N–H and O–H groups in total. The van der Waals surface area contributed by atoms with Crippen molar-refractivity contribution in [1.29, 1.82) is 0 Å². The van der Waals surface area contributed by atoms with E-state index in [2.05, 4.69) is 4.98 Å². The number of ether oxygens (including phenoxy) is 2. The number of methoxy groups -OCH3 is 1. The number of aromatic nitrogens is 1. The quantitative estimate of drug-likeness (QED) is 0.864. The van der Waals surface area contributed by atoms with Crippen LogP contribution in [0.3, 0.4) is 0 Å². The van der Waals surface area contributed by atoms with Crippen LogP contribution >= 0.6 is 11.6 Å². The highest BCUT2D eigenvalue weighted by atomic mass is 35.5. The average molecular weight is 376 g/mol. The van der Waals surface area contributed by atoms with Crippen molar-refractivity contribution in [3.05, 3.63) is 46.7 Å². The topological polar surface area (TPSA) is 94.8 Å². The third-order valence-corrected chi connectivity index (χ3v) is 4.31. The number of aryl methyl sites for hydroxylation is 1. The Kier molecular flexibility index (Phi) is 5.27. The summed E-state index contributed by atoms with van der Waals surface area (Å²) in [5, 5.41) is 0.164. The number of pyridine rings is 1.